The van der Waals surface area contributed by atoms with Crippen LogP contribution in [-0.4, -0.2) is 29.3 Å². The minimum atomic E-state index is -1.10. The van der Waals surface area contributed by atoms with Crippen LogP contribution in [0.3, 0.4) is 0 Å². The van der Waals surface area contributed by atoms with Crippen LogP contribution >= 0.6 is 0 Å². The van der Waals surface area contributed by atoms with E-state index in [0.717, 1.165) is 0 Å². The fourth-order valence-electron chi connectivity index (χ4n) is 0.827. The highest BCUT2D eigenvalue weighted by atomic mass is 16.4. The van der Waals surface area contributed by atoms with Crippen molar-refractivity contribution < 1.29 is 19.5 Å². The predicted molar refractivity (Wildman–Crippen MR) is 45.2 cm³/mol. The largest absolute Gasteiger partial charge is 0.481 e. The Morgan fingerprint density at radius 1 is 1.54 bits per heavy atom. The molecule has 0 fully saturated rings. The Labute approximate surface area is 76.1 Å². The molecule has 1 amide bonds. The molecule has 0 bridgehead atoms. The molecule has 74 valence electrons. The number of rotatable bonds is 6. The standard InChI is InChI=1S/C8H13NO4/c1-2-3-7(11)9-6(5-10)4-8(12)13/h5-6H,2-4H2,1H3,(H,9,11)(H,12,13)/t6-/m1/s1. The molecule has 0 saturated heterocycles. The summed E-state index contributed by atoms with van der Waals surface area (Å²) in [5.74, 6) is -1.39. The number of hydrogen-bond acceptors (Lipinski definition) is 3. The molecule has 0 aliphatic rings. The van der Waals surface area contributed by atoms with E-state index in [9.17, 15) is 14.4 Å². The van der Waals surface area contributed by atoms with Crippen LogP contribution in [0.25, 0.3) is 0 Å². The van der Waals surface area contributed by atoms with Gasteiger partial charge in [0.25, 0.3) is 0 Å². The molecule has 13 heavy (non-hydrogen) atoms. The number of hydrogen-bond donors (Lipinski definition) is 2. The Hall–Kier alpha value is -1.39. The Kier molecular flexibility index (Phi) is 5.50. The molecule has 0 heterocycles. The zero-order chi connectivity index (χ0) is 10.3. The predicted octanol–water partition coefficient (Wildman–Crippen LogP) is -0.0551. The van der Waals surface area contributed by atoms with Crippen LogP contribution in [0.15, 0.2) is 0 Å². The number of aldehydes is 1. The Bertz CT molecular complexity index is 202. The van der Waals surface area contributed by atoms with Crippen LogP contribution < -0.4 is 5.32 Å². The van der Waals surface area contributed by atoms with Crippen molar-refractivity contribution in [2.45, 2.75) is 32.2 Å². The highest BCUT2D eigenvalue weighted by Gasteiger charge is 2.13. The number of nitrogens with one attached hydrogen (secondary N) is 1. The van der Waals surface area contributed by atoms with Gasteiger partial charge in [-0.05, 0) is 6.42 Å². The Morgan fingerprint density at radius 2 is 2.15 bits per heavy atom. The van der Waals surface area contributed by atoms with Gasteiger partial charge in [0.15, 0.2) is 0 Å². The van der Waals surface area contributed by atoms with Crippen LogP contribution in [0.5, 0.6) is 0 Å². The first-order valence-electron chi connectivity index (χ1n) is 4.06. The summed E-state index contributed by atoms with van der Waals surface area (Å²) in [6, 6.07) is -0.906. The smallest absolute Gasteiger partial charge is 0.305 e. The van der Waals surface area contributed by atoms with Gasteiger partial charge in [-0.1, -0.05) is 6.92 Å². The Morgan fingerprint density at radius 3 is 2.54 bits per heavy atom. The third kappa shape index (κ3) is 5.84. The summed E-state index contributed by atoms with van der Waals surface area (Å²) in [5.41, 5.74) is 0. The summed E-state index contributed by atoms with van der Waals surface area (Å²) in [5, 5.41) is 10.7. The van der Waals surface area contributed by atoms with Gasteiger partial charge in [-0.15, -0.1) is 0 Å². The summed E-state index contributed by atoms with van der Waals surface area (Å²) in [6.45, 7) is 1.83. The van der Waals surface area contributed by atoms with Gasteiger partial charge in [-0.2, -0.15) is 0 Å². The van der Waals surface area contributed by atoms with Crippen molar-refractivity contribution in [3.05, 3.63) is 0 Å². The van der Waals surface area contributed by atoms with Crippen LogP contribution in [0.2, 0.25) is 0 Å². The molecule has 0 rings (SSSR count). The lowest BCUT2D eigenvalue weighted by Gasteiger charge is -2.09. The fraction of sp³-hybridized carbons (Fsp3) is 0.625. The Balaban J connectivity index is 3.90. The zero-order valence-electron chi connectivity index (χ0n) is 7.45. The number of aliphatic carboxylic acids is 1. The highest BCUT2D eigenvalue weighted by molar-refractivity contribution is 5.82. The summed E-state index contributed by atoms with van der Waals surface area (Å²) in [7, 11) is 0. The zero-order valence-corrected chi connectivity index (χ0v) is 7.45. The quantitative estimate of drug-likeness (QED) is 0.571. The second-order valence-electron chi connectivity index (χ2n) is 2.66. The monoisotopic (exact) mass is 187 g/mol. The lowest BCUT2D eigenvalue weighted by Crippen LogP contribution is -2.37. The molecule has 0 aromatic rings. The fourth-order valence-corrected chi connectivity index (χ4v) is 0.827. The SMILES string of the molecule is CCCC(=O)N[C@@H](C=O)CC(=O)O. The molecular formula is C8H13NO4. The highest BCUT2D eigenvalue weighted by Crippen LogP contribution is 1.92. The summed E-state index contributed by atoms with van der Waals surface area (Å²) in [6.07, 6.45) is 1.05. The van der Waals surface area contributed by atoms with Crippen LogP contribution in [0.1, 0.15) is 26.2 Å². The van der Waals surface area contributed by atoms with Crippen LogP contribution in [-0.2, 0) is 14.4 Å². The van der Waals surface area contributed by atoms with Crippen molar-refractivity contribution in [1.29, 1.82) is 0 Å². The molecule has 0 radical (unpaired) electrons. The first-order valence-corrected chi connectivity index (χ1v) is 4.06. The second-order valence-corrected chi connectivity index (χ2v) is 2.66. The van der Waals surface area contributed by atoms with E-state index >= 15 is 0 Å². The number of carboxylic acids is 1. The van der Waals surface area contributed by atoms with Gasteiger partial charge in [0.1, 0.15) is 6.29 Å². The third-order valence-electron chi connectivity index (χ3n) is 1.38. The molecule has 0 saturated carbocycles. The van der Waals surface area contributed by atoms with E-state index in [0.29, 0.717) is 19.1 Å². The molecular weight excluding hydrogens is 174 g/mol. The van der Waals surface area contributed by atoms with E-state index in [1.165, 1.54) is 0 Å². The second kappa shape index (κ2) is 6.16. The number of amides is 1. The maximum atomic E-state index is 10.9. The average molecular weight is 187 g/mol. The molecule has 0 aromatic heterocycles. The first kappa shape index (κ1) is 11.6. The van der Waals surface area contributed by atoms with Crippen LogP contribution in [0, 0.1) is 0 Å². The van der Waals surface area contributed by atoms with Crippen molar-refractivity contribution in [3.8, 4) is 0 Å². The lowest BCUT2D eigenvalue weighted by molar-refractivity contribution is -0.138. The van der Waals surface area contributed by atoms with Crippen molar-refractivity contribution in [3.63, 3.8) is 0 Å². The molecule has 5 heteroatoms. The van der Waals surface area contributed by atoms with Crippen molar-refractivity contribution in [1.82, 2.24) is 5.32 Å². The van der Waals surface area contributed by atoms with Crippen molar-refractivity contribution >= 4 is 18.2 Å². The summed E-state index contributed by atoms with van der Waals surface area (Å²) in [4.78, 5) is 31.4. The van der Waals surface area contributed by atoms with Gasteiger partial charge in [0.2, 0.25) is 5.91 Å². The molecule has 0 aliphatic carbocycles. The molecule has 5 nitrogen and oxygen atoms in total. The summed E-state index contributed by atoms with van der Waals surface area (Å²) >= 11 is 0. The third-order valence-corrected chi connectivity index (χ3v) is 1.38. The topological polar surface area (TPSA) is 83.5 Å². The van der Waals surface area contributed by atoms with Gasteiger partial charge in [0, 0.05) is 6.42 Å². The number of carboxylic acid groups (broad SMARTS) is 1. The van der Waals surface area contributed by atoms with E-state index in [1.807, 2.05) is 6.92 Å². The first-order chi connectivity index (χ1) is 6.10. The van der Waals surface area contributed by atoms with Crippen LogP contribution in [0.4, 0.5) is 0 Å². The molecule has 0 aromatic carbocycles. The summed E-state index contributed by atoms with van der Waals surface area (Å²) < 4.78 is 0. The number of carbonyl (C=O) groups is 3. The lowest BCUT2D eigenvalue weighted by atomic mass is 10.2. The van der Waals surface area contributed by atoms with E-state index in [4.69, 9.17) is 5.11 Å². The van der Waals surface area contributed by atoms with Gasteiger partial charge in [0.05, 0.1) is 12.5 Å². The van der Waals surface area contributed by atoms with Crippen molar-refractivity contribution in [2.24, 2.45) is 0 Å². The van der Waals surface area contributed by atoms with E-state index in [1.54, 1.807) is 0 Å². The van der Waals surface area contributed by atoms with Gasteiger partial charge < -0.3 is 15.2 Å². The van der Waals surface area contributed by atoms with E-state index < -0.39 is 12.0 Å². The molecule has 2 N–H and O–H groups in total. The van der Waals surface area contributed by atoms with Gasteiger partial charge in [-0.3, -0.25) is 9.59 Å². The van der Waals surface area contributed by atoms with Gasteiger partial charge >= 0.3 is 5.97 Å². The average Bonchev–Trinajstić information content (AvgIpc) is 2.02. The minimum Gasteiger partial charge on any atom is -0.481 e. The molecule has 0 unspecified atom stereocenters. The number of carbonyl (C=O) groups excluding carboxylic acids is 2. The normalized spacial score (nSPS) is 11.8. The van der Waals surface area contributed by atoms with Crippen molar-refractivity contribution in [2.75, 3.05) is 0 Å². The van der Waals surface area contributed by atoms with E-state index in [2.05, 4.69) is 5.32 Å². The maximum absolute atomic E-state index is 10.9. The van der Waals surface area contributed by atoms with Gasteiger partial charge in [-0.25, -0.2) is 0 Å². The molecule has 0 spiro atoms. The minimum absolute atomic E-state index is 0.291. The molecule has 0 aliphatic heterocycles. The maximum Gasteiger partial charge on any atom is 0.305 e. The molecule has 1 atom stereocenters. The van der Waals surface area contributed by atoms with E-state index in [-0.39, 0.29) is 12.3 Å².